The van der Waals surface area contributed by atoms with Crippen LogP contribution < -0.4 is 16.2 Å². The molecule has 6 heteroatoms. The molecular formula is C26H25N3O3. The van der Waals surface area contributed by atoms with Crippen LogP contribution in [0, 0.1) is 12.3 Å². The number of benzene rings is 2. The van der Waals surface area contributed by atoms with Gasteiger partial charge in [-0.25, -0.2) is 0 Å². The van der Waals surface area contributed by atoms with Gasteiger partial charge in [0.1, 0.15) is 6.54 Å². The average molecular weight is 428 g/mol. The van der Waals surface area contributed by atoms with E-state index in [4.69, 9.17) is 6.42 Å². The first-order chi connectivity index (χ1) is 15.6. The van der Waals surface area contributed by atoms with Gasteiger partial charge in [-0.2, -0.15) is 0 Å². The Bertz CT molecular complexity index is 1110. The van der Waals surface area contributed by atoms with E-state index in [1.807, 2.05) is 36.4 Å². The summed E-state index contributed by atoms with van der Waals surface area (Å²) in [7, 11) is 0. The molecule has 2 aromatic carbocycles. The third-order valence-corrected chi connectivity index (χ3v) is 5.07. The SMILES string of the molecule is C#CCNC(=O)c1ccc(=O)n(CC(=O)NCCC(c2ccccc2)c2ccccc2)c1. The zero-order valence-corrected chi connectivity index (χ0v) is 17.7. The Labute approximate surface area is 187 Å². The molecule has 2 N–H and O–H groups in total. The second-order valence-electron chi connectivity index (χ2n) is 7.28. The van der Waals surface area contributed by atoms with Crippen LogP contribution in [-0.2, 0) is 11.3 Å². The molecule has 0 saturated carbocycles. The molecule has 1 aromatic heterocycles. The summed E-state index contributed by atoms with van der Waals surface area (Å²) in [4.78, 5) is 36.6. The lowest BCUT2D eigenvalue weighted by molar-refractivity contribution is -0.121. The van der Waals surface area contributed by atoms with Crippen molar-refractivity contribution < 1.29 is 9.59 Å². The maximum atomic E-state index is 12.5. The highest BCUT2D eigenvalue weighted by Gasteiger charge is 2.15. The molecule has 0 spiro atoms. The van der Waals surface area contributed by atoms with Crippen LogP contribution in [0.15, 0.2) is 83.8 Å². The minimum absolute atomic E-state index is 0.0858. The lowest BCUT2D eigenvalue weighted by Crippen LogP contribution is -2.34. The quantitative estimate of drug-likeness (QED) is 0.515. The van der Waals surface area contributed by atoms with E-state index in [1.54, 1.807) is 0 Å². The van der Waals surface area contributed by atoms with Gasteiger partial charge in [0.2, 0.25) is 5.91 Å². The van der Waals surface area contributed by atoms with Crippen molar-refractivity contribution in [2.45, 2.75) is 18.9 Å². The largest absolute Gasteiger partial charge is 0.355 e. The van der Waals surface area contributed by atoms with E-state index < -0.39 is 5.91 Å². The number of aromatic nitrogens is 1. The topological polar surface area (TPSA) is 80.2 Å². The molecule has 0 radical (unpaired) electrons. The predicted octanol–water partition coefficient (Wildman–Crippen LogP) is 2.55. The van der Waals surface area contributed by atoms with Crippen molar-refractivity contribution in [1.29, 1.82) is 0 Å². The van der Waals surface area contributed by atoms with Crippen molar-refractivity contribution in [1.82, 2.24) is 15.2 Å². The van der Waals surface area contributed by atoms with Crippen LogP contribution in [0.1, 0.15) is 33.8 Å². The number of hydrogen-bond acceptors (Lipinski definition) is 3. The predicted molar refractivity (Wildman–Crippen MR) is 124 cm³/mol. The fourth-order valence-corrected chi connectivity index (χ4v) is 3.49. The van der Waals surface area contributed by atoms with Crippen LogP contribution in [0.5, 0.6) is 0 Å². The maximum Gasteiger partial charge on any atom is 0.253 e. The number of nitrogens with zero attached hydrogens (tertiary/aromatic N) is 1. The smallest absolute Gasteiger partial charge is 0.253 e. The van der Waals surface area contributed by atoms with E-state index in [0.717, 1.165) is 0 Å². The number of amides is 2. The highest BCUT2D eigenvalue weighted by atomic mass is 16.2. The van der Waals surface area contributed by atoms with Crippen molar-refractivity contribution in [2.75, 3.05) is 13.1 Å². The summed E-state index contributed by atoms with van der Waals surface area (Å²) in [5.74, 6) is 1.76. The summed E-state index contributed by atoms with van der Waals surface area (Å²) in [5.41, 5.74) is 2.26. The lowest BCUT2D eigenvalue weighted by atomic mass is 9.88. The van der Waals surface area contributed by atoms with E-state index >= 15 is 0 Å². The fraction of sp³-hybridized carbons (Fsp3) is 0.192. The zero-order chi connectivity index (χ0) is 22.8. The minimum atomic E-state index is -0.398. The normalized spacial score (nSPS) is 10.4. The first-order valence-electron chi connectivity index (χ1n) is 10.4. The number of carbonyl (C=O) groups excluding carboxylic acids is 2. The van der Waals surface area contributed by atoms with Gasteiger partial charge in [0.05, 0.1) is 12.1 Å². The zero-order valence-electron chi connectivity index (χ0n) is 17.7. The van der Waals surface area contributed by atoms with Gasteiger partial charge in [0, 0.05) is 24.7 Å². The third-order valence-electron chi connectivity index (χ3n) is 5.07. The number of pyridine rings is 1. The summed E-state index contributed by atoms with van der Waals surface area (Å²) in [6.07, 6.45) is 7.22. The molecule has 3 aromatic rings. The van der Waals surface area contributed by atoms with Gasteiger partial charge in [-0.05, 0) is 23.6 Å². The van der Waals surface area contributed by atoms with Crippen molar-refractivity contribution in [3.8, 4) is 12.3 Å². The molecule has 32 heavy (non-hydrogen) atoms. The highest BCUT2D eigenvalue weighted by Crippen LogP contribution is 2.27. The van der Waals surface area contributed by atoms with Gasteiger partial charge in [-0.3, -0.25) is 14.4 Å². The summed E-state index contributed by atoms with van der Waals surface area (Å²) >= 11 is 0. The molecule has 0 bridgehead atoms. The molecular weight excluding hydrogens is 402 g/mol. The Morgan fingerprint density at radius 1 is 0.906 bits per heavy atom. The number of nitrogens with one attached hydrogen (secondary N) is 2. The Balaban J connectivity index is 1.62. The molecule has 0 saturated heterocycles. The van der Waals surface area contributed by atoms with Gasteiger partial charge in [0.25, 0.3) is 11.5 Å². The maximum absolute atomic E-state index is 12.5. The van der Waals surface area contributed by atoms with Gasteiger partial charge >= 0.3 is 0 Å². The second-order valence-corrected chi connectivity index (χ2v) is 7.28. The molecule has 0 aliphatic heterocycles. The number of hydrogen-bond donors (Lipinski definition) is 2. The summed E-state index contributed by atoms with van der Waals surface area (Å²) < 4.78 is 1.21. The lowest BCUT2D eigenvalue weighted by Gasteiger charge is -2.18. The fourth-order valence-electron chi connectivity index (χ4n) is 3.49. The molecule has 6 nitrogen and oxygen atoms in total. The van der Waals surface area contributed by atoms with E-state index in [-0.39, 0.29) is 36.0 Å². The summed E-state index contributed by atoms with van der Waals surface area (Å²) in [5, 5.41) is 5.42. The van der Waals surface area contributed by atoms with Crippen LogP contribution in [0.3, 0.4) is 0 Å². The van der Waals surface area contributed by atoms with Crippen LogP contribution in [0.2, 0.25) is 0 Å². The molecule has 0 unspecified atom stereocenters. The van der Waals surface area contributed by atoms with E-state index in [2.05, 4.69) is 40.8 Å². The summed E-state index contributed by atoms with van der Waals surface area (Å²) in [6, 6.07) is 23.0. The van der Waals surface area contributed by atoms with Crippen molar-refractivity contribution in [3.63, 3.8) is 0 Å². The van der Waals surface area contributed by atoms with Crippen molar-refractivity contribution in [3.05, 3.63) is 106 Å². The standard InChI is InChI=1S/C26H25N3O3/c1-2-16-28-26(32)22-13-14-25(31)29(18-22)19-24(30)27-17-15-23(20-9-5-3-6-10-20)21-11-7-4-8-12-21/h1,3-14,18,23H,15-17,19H2,(H,27,30)(H,28,32). The van der Waals surface area contributed by atoms with E-state index in [1.165, 1.54) is 34.0 Å². The van der Waals surface area contributed by atoms with Crippen LogP contribution in [0.25, 0.3) is 0 Å². The molecule has 2 amide bonds. The average Bonchev–Trinajstić information content (AvgIpc) is 2.83. The van der Waals surface area contributed by atoms with Crippen LogP contribution >= 0.6 is 0 Å². The number of rotatable bonds is 9. The molecule has 0 atom stereocenters. The minimum Gasteiger partial charge on any atom is -0.355 e. The van der Waals surface area contributed by atoms with Gasteiger partial charge in [-0.15, -0.1) is 6.42 Å². The van der Waals surface area contributed by atoms with Gasteiger partial charge in [-0.1, -0.05) is 66.6 Å². The van der Waals surface area contributed by atoms with Crippen molar-refractivity contribution in [2.24, 2.45) is 0 Å². The Hall–Kier alpha value is -4.11. The number of terminal acetylenes is 1. The Kier molecular flexibility index (Phi) is 7.99. The Morgan fingerprint density at radius 3 is 2.12 bits per heavy atom. The molecule has 3 rings (SSSR count). The molecule has 0 aliphatic carbocycles. The van der Waals surface area contributed by atoms with Gasteiger partial charge < -0.3 is 15.2 Å². The van der Waals surface area contributed by atoms with E-state index in [0.29, 0.717) is 13.0 Å². The monoisotopic (exact) mass is 427 g/mol. The molecule has 0 aliphatic rings. The molecule has 0 fully saturated rings. The third kappa shape index (κ3) is 6.19. The van der Waals surface area contributed by atoms with E-state index in [9.17, 15) is 14.4 Å². The number of carbonyl (C=O) groups is 2. The van der Waals surface area contributed by atoms with Crippen LogP contribution in [0.4, 0.5) is 0 Å². The second kappa shape index (κ2) is 11.3. The first-order valence-corrected chi connectivity index (χ1v) is 10.4. The summed E-state index contributed by atoms with van der Waals surface area (Å²) in [6.45, 7) is 0.364. The van der Waals surface area contributed by atoms with Gasteiger partial charge in [0.15, 0.2) is 0 Å². The highest BCUT2D eigenvalue weighted by molar-refractivity contribution is 5.94. The molecule has 162 valence electrons. The first kappa shape index (κ1) is 22.6. The Morgan fingerprint density at radius 2 is 1.53 bits per heavy atom. The van der Waals surface area contributed by atoms with Crippen LogP contribution in [-0.4, -0.2) is 29.5 Å². The molecule has 1 heterocycles. The van der Waals surface area contributed by atoms with Crippen molar-refractivity contribution >= 4 is 11.8 Å².